The first-order chi connectivity index (χ1) is 10.9. The van der Waals surface area contributed by atoms with Gasteiger partial charge in [0.1, 0.15) is 0 Å². The van der Waals surface area contributed by atoms with E-state index in [4.69, 9.17) is 4.74 Å². The first kappa shape index (κ1) is 19.0. The summed E-state index contributed by atoms with van der Waals surface area (Å²) in [6, 6.07) is 0. The molecule has 2 aliphatic carbocycles. The van der Waals surface area contributed by atoms with E-state index in [0.29, 0.717) is 27.3 Å². The third-order valence-electron chi connectivity index (χ3n) is 5.35. The summed E-state index contributed by atoms with van der Waals surface area (Å²) in [6.45, 7) is 3.31. The number of hydrogen-bond acceptors (Lipinski definition) is 1. The summed E-state index contributed by atoms with van der Waals surface area (Å²) in [5.41, 5.74) is 0. The van der Waals surface area contributed by atoms with Crippen molar-refractivity contribution in [2.24, 2.45) is 0 Å². The Kier molecular flexibility index (Phi) is 10.5. The molecule has 2 heteroatoms. The first-order valence-electron chi connectivity index (χ1n) is 10.1. The molecule has 0 heterocycles. The molecule has 2 saturated carbocycles. The minimum absolute atomic E-state index is 0.482. The lowest BCUT2D eigenvalue weighted by Gasteiger charge is -2.25. The van der Waals surface area contributed by atoms with Crippen LogP contribution in [0.5, 0.6) is 0 Å². The summed E-state index contributed by atoms with van der Waals surface area (Å²) < 4.78 is 8.45. The summed E-state index contributed by atoms with van der Waals surface area (Å²) in [6.07, 6.45) is 22.3. The summed E-state index contributed by atoms with van der Waals surface area (Å²) in [7, 11) is 0. The van der Waals surface area contributed by atoms with Crippen molar-refractivity contribution in [2.45, 2.75) is 117 Å². The second-order valence-corrected chi connectivity index (χ2v) is 11.6. The van der Waals surface area contributed by atoms with Crippen molar-refractivity contribution in [3.63, 3.8) is 0 Å². The fourth-order valence-corrected chi connectivity index (χ4v) is 8.35. The third-order valence-corrected chi connectivity index (χ3v) is 9.87. The fourth-order valence-electron chi connectivity index (χ4n) is 3.88. The summed E-state index contributed by atoms with van der Waals surface area (Å²) in [5, 5.41) is 0. The highest BCUT2D eigenvalue weighted by atomic mass is 127. The molecule has 0 aliphatic heterocycles. The molecular formula is C20H38IO+. The van der Waals surface area contributed by atoms with Crippen molar-refractivity contribution < 1.29 is 25.9 Å². The molecule has 0 saturated heterocycles. The Morgan fingerprint density at radius 1 is 0.727 bits per heavy atom. The van der Waals surface area contributed by atoms with E-state index in [2.05, 4.69) is 6.92 Å². The molecule has 1 nitrogen and oxygen atoms in total. The first-order valence-corrected chi connectivity index (χ1v) is 12.6. The van der Waals surface area contributed by atoms with Gasteiger partial charge in [0.05, 0.1) is 6.10 Å². The molecule has 0 unspecified atom stereocenters. The molecule has 0 atom stereocenters. The van der Waals surface area contributed by atoms with Crippen LogP contribution in [-0.2, 0) is 4.74 Å². The van der Waals surface area contributed by atoms with Gasteiger partial charge in [-0.05, 0) is 57.8 Å². The van der Waals surface area contributed by atoms with Crippen molar-refractivity contribution in [1.29, 1.82) is 0 Å². The van der Waals surface area contributed by atoms with Crippen LogP contribution in [-0.4, -0.2) is 20.6 Å². The molecule has 0 aromatic heterocycles. The lowest BCUT2D eigenvalue weighted by atomic mass is 9.98. The predicted molar refractivity (Wildman–Crippen MR) is 92.2 cm³/mol. The van der Waals surface area contributed by atoms with E-state index in [1.165, 1.54) is 87.4 Å². The van der Waals surface area contributed by atoms with Crippen LogP contribution in [0.2, 0.25) is 0 Å². The topological polar surface area (TPSA) is 9.23 Å². The maximum atomic E-state index is 6.14. The van der Waals surface area contributed by atoms with E-state index >= 15 is 0 Å². The highest BCUT2D eigenvalue weighted by molar-refractivity contribution is 4.73. The van der Waals surface area contributed by atoms with Crippen molar-refractivity contribution >= 4 is 0 Å². The van der Waals surface area contributed by atoms with Gasteiger partial charge in [0, 0.05) is 6.61 Å². The molecule has 0 radical (unpaired) electrons. The van der Waals surface area contributed by atoms with Gasteiger partial charge in [-0.25, -0.2) is 0 Å². The van der Waals surface area contributed by atoms with Crippen molar-refractivity contribution in [1.82, 2.24) is 0 Å². The Morgan fingerprint density at radius 3 is 2.09 bits per heavy atom. The predicted octanol–water partition coefficient (Wildman–Crippen LogP) is 3.10. The maximum Gasteiger partial charge on any atom is 0.275 e. The monoisotopic (exact) mass is 421 g/mol. The molecule has 0 spiro atoms. The number of rotatable bonds is 10. The Balaban J connectivity index is 1.45. The molecule has 0 bridgehead atoms. The van der Waals surface area contributed by atoms with Crippen LogP contribution in [0.15, 0.2) is 0 Å². The van der Waals surface area contributed by atoms with Gasteiger partial charge < -0.3 is 4.74 Å². The molecule has 2 rings (SSSR count). The van der Waals surface area contributed by atoms with Gasteiger partial charge in [-0.2, -0.15) is 0 Å². The van der Waals surface area contributed by atoms with Gasteiger partial charge in [0.25, 0.3) is 21.2 Å². The Morgan fingerprint density at radius 2 is 1.36 bits per heavy atom. The van der Waals surface area contributed by atoms with Crippen molar-refractivity contribution in [3.05, 3.63) is 0 Å². The molecule has 130 valence electrons. The second kappa shape index (κ2) is 12.1. The highest BCUT2D eigenvalue weighted by Gasteiger charge is 2.36. The van der Waals surface area contributed by atoms with E-state index in [1.54, 1.807) is 12.8 Å². The van der Waals surface area contributed by atoms with Gasteiger partial charge >= 0.3 is 0 Å². The van der Waals surface area contributed by atoms with Crippen LogP contribution in [0.1, 0.15) is 103 Å². The van der Waals surface area contributed by atoms with Crippen LogP contribution in [0.25, 0.3) is 0 Å². The van der Waals surface area contributed by atoms with Crippen LogP contribution < -0.4 is 21.2 Å². The molecule has 2 aliphatic rings. The van der Waals surface area contributed by atoms with Gasteiger partial charge in [-0.1, -0.05) is 45.4 Å². The number of hydrogen-bond donors (Lipinski definition) is 0. The number of ether oxygens (including phenoxy) is 1. The number of alkyl halides is 2. The van der Waals surface area contributed by atoms with E-state index in [-0.39, 0.29) is 0 Å². The minimum Gasteiger partial charge on any atom is -0.378 e. The summed E-state index contributed by atoms with van der Waals surface area (Å²) >= 11 is 0.482. The van der Waals surface area contributed by atoms with Crippen molar-refractivity contribution in [3.8, 4) is 0 Å². The summed E-state index contributed by atoms with van der Waals surface area (Å²) in [4.78, 5) is 0. The van der Waals surface area contributed by atoms with Gasteiger partial charge in [0.2, 0.25) is 0 Å². The summed E-state index contributed by atoms with van der Waals surface area (Å²) in [5.74, 6) is 0. The second-order valence-electron chi connectivity index (χ2n) is 7.37. The van der Waals surface area contributed by atoms with Gasteiger partial charge in [0.15, 0.2) is 7.85 Å². The standard InChI is InChI=1S/C20H38IO/c1-2-3-4-5-6-10-17-22-20-15-13-19(14-16-20)21-18-11-8-7-9-12-18/h18-20H,2-17H2,1H3/q+1. The zero-order valence-electron chi connectivity index (χ0n) is 14.8. The Bertz CT molecular complexity index is 254. The normalized spacial score (nSPS) is 27.1. The lowest BCUT2D eigenvalue weighted by Crippen LogP contribution is -3.68. The molecule has 0 N–H and O–H groups in total. The van der Waals surface area contributed by atoms with E-state index < -0.39 is 0 Å². The minimum atomic E-state index is 0.482. The largest absolute Gasteiger partial charge is 0.378 e. The van der Waals surface area contributed by atoms with E-state index in [0.717, 1.165) is 10.5 Å². The van der Waals surface area contributed by atoms with Crippen LogP contribution >= 0.6 is 0 Å². The molecule has 0 aromatic rings. The SMILES string of the molecule is CCCCCCCCOC1CCC([I+]C2CCCCC2)CC1. The van der Waals surface area contributed by atoms with E-state index in [9.17, 15) is 0 Å². The highest BCUT2D eigenvalue weighted by Crippen LogP contribution is 2.20. The smallest absolute Gasteiger partial charge is 0.275 e. The molecule has 22 heavy (non-hydrogen) atoms. The quantitative estimate of drug-likeness (QED) is 0.299. The zero-order chi connectivity index (χ0) is 15.5. The Hall–Kier alpha value is 0.690. The molecule has 2 fully saturated rings. The van der Waals surface area contributed by atoms with Crippen LogP contribution in [0.4, 0.5) is 0 Å². The molecular weight excluding hydrogens is 383 g/mol. The third kappa shape index (κ3) is 7.99. The van der Waals surface area contributed by atoms with Crippen LogP contribution in [0, 0.1) is 0 Å². The average Bonchev–Trinajstić information content (AvgIpc) is 2.56. The molecule has 0 aromatic carbocycles. The van der Waals surface area contributed by atoms with Crippen LogP contribution in [0.3, 0.4) is 0 Å². The van der Waals surface area contributed by atoms with Crippen molar-refractivity contribution in [2.75, 3.05) is 6.61 Å². The zero-order valence-corrected chi connectivity index (χ0v) is 17.0. The number of unbranched alkanes of at least 4 members (excludes halogenated alkanes) is 5. The number of halogens is 1. The Labute approximate surface area is 149 Å². The fraction of sp³-hybridized carbons (Fsp3) is 1.00. The van der Waals surface area contributed by atoms with Gasteiger partial charge in [-0.15, -0.1) is 0 Å². The maximum absolute atomic E-state index is 6.14. The van der Waals surface area contributed by atoms with Gasteiger partial charge in [-0.3, -0.25) is 0 Å². The lowest BCUT2D eigenvalue weighted by molar-refractivity contribution is -0.726. The average molecular weight is 421 g/mol. The molecule has 0 amide bonds. The van der Waals surface area contributed by atoms with E-state index in [1.807, 2.05) is 0 Å².